The highest BCUT2D eigenvalue weighted by molar-refractivity contribution is 5.89. The van der Waals surface area contributed by atoms with Gasteiger partial charge in [0.15, 0.2) is 0 Å². The molecular formula is C10H16N2O5. The van der Waals surface area contributed by atoms with Gasteiger partial charge < -0.3 is 20.1 Å². The monoisotopic (exact) mass is 244 g/mol. The molecule has 0 aromatic rings. The van der Waals surface area contributed by atoms with E-state index in [4.69, 9.17) is 9.84 Å². The highest BCUT2D eigenvalue weighted by Gasteiger charge is 2.31. The van der Waals surface area contributed by atoms with Crippen molar-refractivity contribution >= 4 is 17.8 Å². The van der Waals surface area contributed by atoms with Gasteiger partial charge >= 0.3 is 5.97 Å². The molecule has 2 amide bonds. The van der Waals surface area contributed by atoms with Crippen LogP contribution in [0.4, 0.5) is 0 Å². The predicted octanol–water partition coefficient (Wildman–Crippen LogP) is -1.32. The third-order valence-electron chi connectivity index (χ3n) is 2.48. The standard InChI is InChI=1S/C10H16N2O5/c1-12-5-7(4-8(12)13)10(16)11-2-3-17-6-9(14)15/h7H,2-6H2,1H3,(H,11,16)(H,14,15). The van der Waals surface area contributed by atoms with Crippen molar-refractivity contribution < 1.29 is 24.2 Å². The molecule has 1 unspecified atom stereocenters. The minimum atomic E-state index is -1.04. The number of aliphatic carboxylic acids is 1. The van der Waals surface area contributed by atoms with Gasteiger partial charge in [-0.1, -0.05) is 0 Å². The van der Waals surface area contributed by atoms with Crippen molar-refractivity contribution in [1.29, 1.82) is 0 Å². The molecule has 0 radical (unpaired) electrons. The largest absolute Gasteiger partial charge is 0.480 e. The second kappa shape index (κ2) is 6.19. The summed E-state index contributed by atoms with van der Waals surface area (Å²) in [6.45, 7) is 0.455. The van der Waals surface area contributed by atoms with Crippen LogP contribution >= 0.6 is 0 Å². The normalized spacial score (nSPS) is 19.5. The Morgan fingerprint density at radius 2 is 2.29 bits per heavy atom. The van der Waals surface area contributed by atoms with Crippen LogP contribution in [0, 0.1) is 5.92 Å². The number of nitrogens with one attached hydrogen (secondary N) is 1. The van der Waals surface area contributed by atoms with Crippen LogP contribution in [0.1, 0.15) is 6.42 Å². The van der Waals surface area contributed by atoms with Crippen molar-refractivity contribution in [2.24, 2.45) is 5.92 Å². The minimum absolute atomic E-state index is 0.0349. The van der Waals surface area contributed by atoms with Gasteiger partial charge in [-0.2, -0.15) is 0 Å². The van der Waals surface area contributed by atoms with E-state index in [1.54, 1.807) is 7.05 Å². The molecule has 1 aliphatic rings. The van der Waals surface area contributed by atoms with E-state index in [2.05, 4.69) is 5.32 Å². The van der Waals surface area contributed by atoms with Crippen molar-refractivity contribution in [2.45, 2.75) is 6.42 Å². The summed E-state index contributed by atoms with van der Waals surface area (Å²) in [5.74, 6) is -1.58. The van der Waals surface area contributed by atoms with Gasteiger partial charge in [0, 0.05) is 26.6 Å². The molecule has 0 aliphatic carbocycles. The number of rotatable bonds is 6. The van der Waals surface area contributed by atoms with Gasteiger partial charge in [-0.05, 0) is 0 Å². The maximum Gasteiger partial charge on any atom is 0.329 e. The summed E-state index contributed by atoms with van der Waals surface area (Å²) >= 11 is 0. The van der Waals surface area contributed by atoms with Gasteiger partial charge in [-0.25, -0.2) is 4.79 Å². The fourth-order valence-corrected chi connectivity index (χ4v) is 1.59. The number of ether oxygens (including phenoxy) is 1. The maximum absolute atomic E-state index is 11.6. The molecule has 17 heavy (non-hydrogen) atoms. The zero-order chi connectivity index (χ0) is 12.8. The van der Waals surface area contributed by atoms with E-state index in [1.165, 1.54) is 4.90 Å². The molecule has 7 nitrogen and oxygen atoms in total. The SMILES string of the molecule is CN1CC(C(=O)NCCOCC(=O)O)CC1=O. The van der Waals surface area contributed by atoms with E-state index in [9.17, 15) is 14.4 Å². The number of carbonyl (C=O) groups excluding carboxylic acids is 2. The van der Waals surface area contributed by atoms with Crippen LogP contribution in [0.15, 0.2) is 0 Å². The number of likely N-dealkylation sites (tertiary alicyclic amines) is 1. The summed E-state index contributed by atoms with van der Waals surface area (Å²) < 4.78 is 4.76. The van der Waals surface area contributed by atoms with Crippen LogP contribution in [0.25, 0.3) is 0 Å². The summed E-state index contributed by atoms with van der Waals surface area (Å²) in [5, 5.41) is 10.9. The molecule has 1 rings (SSSR count). The second-order valence-electron chi connectivity index (χ2n) is 3.91. The summed E-state index contributed by atoms with van der Waals surface area (Å²) in [6.07, 6.45) is 0.234. The molecule has 1 heterocycles. The Hall–Kier alpha value is -1.63. The molecule has 96 valence electrons. The van der Waals surface area contributed by atoms with Crippen LogP contribution in [0.2, 0.25) is 0 Å². The van der Waals surface area contributed by atoms with Gasteiger partial charge in [0.25, 0.3) is 0 Å². The molecule has 0 aromatic carbocycles. The Bertz CT molecular complexity index is 318. The summed E-state index contributed by atoms with van der Waals surface area (Å²) in [7, 11) is 1.66. The lowest BCUT2D eigenvalue weighted by molar-refractivity contribution is -0.142. The number of carbonyl (C=O) groups is 3. The Kier molecular flexibility index (Phi) is 4.89. The number of hydrogen-bond donors (Lipinski definition) is 2. The van der Waals surface area contributed by atoms with Gasteiger partial charge in [-0.15, -0.1) is 0 Å². The average Bonchev–Trinajstić information content (AvgIpc) is 2.58. The van der Waals surface area contributed by atoms with Gasteiger partial charge in [0.2, 0.25) is 11.8 Å². The average molecular weight is 244 g/mol. The molecule has 7 heteroatoms. The Morgan fingerprint density at radius 3 is 2.82 bits per heavy atom. The number of carboxylic acid groups (broad SMARTS) is 1. The molecule has 0 saturated carbocycles. The fourth-order valence-electron chi connectivity index (χ4n) is 1.59. The topological polar surface area (TPSA) is 95.9 Å². The predicted molar refractivity (Wildman–Crippen MR) is 57.2 cm³/mol. The van der Waals surface area contributed by atoms with E-state index >= 15 is 0 Å². The lowest BCUT2D eigenvalue weighted by Gasteiger charge is -2.10. The van der Waals surface area contributed by atoms with Crippen LogP contribution in [-0.2, 0) is 19.1 Å². The lowest BCUT2D eigenvalue weighted by atomic mass is 10.1. The molecule has 1 aliphatic heterocycles. The first-order chi connectivity index (χ1) is 8.00. The van der Waals surface area contributed by atoms with Crippen LogP contribution in [0.5, 0.6) is 0 Å². The molecule has 0 bridgehead atoms. The minimum Gasteiger partial charge on any atom is -0.480 e. The molecular weight excluding hydrogens is 228 g/mol. The van der Waals surface area contributed by atoms with Crippen molar-refractivity contribution in [3.05, 3.63) is 0 Å². The third-order valence-corrected chi connectivity index (χ3v) is 2.48. The van der Waals surface area contributed by atoms with Crippen molar-refractivity contribution in [3.63, 3.8) is 0 Å². The zero-order valence-electron chi connectivity index (χ0n) is 9.64. The highest BCUT2D eigenvalue weighted by Crippen LogP contribution is 2.15. The van der Waals surface area contributed by atoms with Crippen LogP contribution in [-0.4, -0.2) is 61.1 Å². The Balaban J connectivity index is 2.13. The van der Waals surface area contributed by atoms with Crippen molar-refractivity contribution in [2.75, 3.05) is 33.4 Å². The van der Waals surface area contributed by atoms with E-state index in [-0.39, 0.29) is 43.9 Å². The van der Waals surface area contributed by atoms with E-state index in [0.29, 0.717) is 6.54 Å². The number of carboxylic acids is 1. The highest BCUT2D eigenvalue weighted by atomic mass is 16.5. The summed E-state index contributed by atoms with van der Waals surface area (Å²) in [6, 6.07) is 0. The van der Waals surface area contributed by atoms with E-state index < -0.39 is 5.97 Å². The molecule has 1 saturated heterocycles. The molecule has 1 fully saturated rings. The number of hydrogen-bond acceptors (Lipinski definition) is 4. The Morgan fingerprint density at radius 1 is 1.59 bits per heavy atom. The van der Waals surface area contributed by atoms with E-state index in [0.717, 1.165) is 0 Å². The van der Waals surface area contributed by atoms with Crippen LogP contribution < -0.4 is 5.32 Å². The number of nitrogens with zero attached hydrogens (tertiary/aromatic N) is 1. The molecule has 2 N–H and O–H groups in total. The lowest BCUT2D eigenvalue weighted by Crippen LogP contribution is -2.34. The molecule has 0 spiro atoms. The smallest absolute Gasteiger partial charge is 0.329 e. The van der Waals surface area contributed by atoms with Crippen molar-refractivity contribution in [3.8, 4) is 0 Å². The summed E-state index contributed by atoms with van der Waals surface area (Å²) in [4.78, 5) is 34.4. The first kappa shape index (κ1) is 13.4. The number of amides is 2. The second-order valence-corrected chi connectivity index (χ2v) is 3.91. The first-order valence-electron chi connectivity index (χ1n) is 5.32. The third kappa shape index (κ3) is 4.39. The molecule has 1 atom stereocenters. The fraction of sp³-hybridized carbons (Fsp3) is 0.700. The Labute approximate surface area is 98.7 Å². The molecule has 0 aromatic heterocycles. The first-order valence-corrected chi connectivity index (χ1v) is 5.32. The zero-order valence-corrected chi connectivity index (χ0v) is 9.64. The van der Waals surface area contributed by atoms with E-state index in [1.807, 2.05) is 0 Å². The van der Waals surface area contributed by atoms with Crippen molar-refractivity contribution in [1.82, 2.24) is 10.2 Å². The van der Waals surface area contributed by atoms with Gasteiger partial charge in [0.1, 0.15) is 6.61 Å². The van der Waals surface area contributed by atoms with Crippen LogP contribution in [0.3, 0.4) is 0 Å². The van der Waals surface area contributed by atoms with Gasteiger partial charge in [0.05, 0.1) is 12.5 Å². The summed E-state index contributed by atoms with van der Waals surface area (Å²) in [5.41, 5.74) is 0. The van der Waals surface area contributed by atoms with Gasteiger partial charge in [-0.3, -0.25) is 9.59 Å². The maximum atomic E-state index is 11.6. The quantitative estimate of drug-likeness (QED) is 0.565.